The van der Waals surface area contributed by atoms with E-state index in [0.29, 0.717) is 11.7 Å². The second-order valence-electron chi connectivity index (χ2n) is 5.34. The van der Waals surface area contributed by atoms with Gasteiger partial charge in [-0.2, -0.15) is 0 Å². The molecule has 3 atom stereocenters. The van der Waals surface area contributed by atoms with E-state index in [1.54, 1.807) is 0 Å². The standard InChI is InChI=1S/C14H26O/c1-4-6-11(3)9-13-10-12(5-2)7-8-14(13)15/h11-13H,4-10H2,1-3H3. The van der Waals surface area contributed by atoms with Crippen LogP contribution in [-0.2, 0) is 4.79 Å². The average molecular weight is 210 g/mol. The van der Waals surface area contributed by atoms with Gasteiger partial charge in [0, 0.05) is 12.3 Å². The van der Waals surface area contributed by atoms with Crippen molar-refractivity contribution < 1.29 is 4.79 Å². The van der Waals surface area contributed by atoms with Crippen LogP contribution >= 0.6 is 0 Å². The van der Waals surface area contributed by atoms with Crippen LogP contribution in [0.1, 0.15) is 65.7 Å². The Morgan fingerprint density at radius 1 is 1.40 bits per heavy atom. The summed E-state index contributed by atoms with van der Waals surface area (Å²) in [6, 6.07) is 0. The number of carbonyl (C=O) groups excluding carboxylic acids is 1. The Kier molecular flexibility index (Phi) is 5.35. The number of ketones is 1. The molecule has 88 valence electrons. The van der Waals surface area contributed by atoms with Crippen molar-refractivity contribution in [1.82, 2.24) is 0 Å². The molecule has 3 unspecified atom stereocenters. The van der Waals surface area contributed by atoms with E-state index >= 15 is 0 Å². The lowest BCUT2D eigenvalue weighted by atomic mass is 9.75. The predicted molar refractivity (Wildman–Crippen MR) is 64.8 cm³/mol. The molecule has 15 heavy (non-hydrogen) atoms. The summed E-state index contributed by atoms with van der Waals surface area (Å²) in [5, 5.41) is 0. The van der Waals surface area contributed by atoms with Crippen molar-refractivity contribution >= 4 is 5.78 Å². The quantitative estimate of drug-likeness (QED) is 0.664. The van der Waals surface area contributed by atoms with E-state index in [2.05, 4.69) is 20.8 Å². The molecule has 1 nitrogen and oxygen atoms in total. The Balaban J connectivity index is 2.40. The van der Waals surface area contributed by atoms with E-state index < -0.39 is 0 Å². The minimum atomic E-state index is 0.394. The predicted octanol–water partition coefficient (Wildman–Crippen LogP) is 4.21. The van der Waals surface area contributed by atoms with Crippen LogP contribution in [0.2, 0.25) is 0 Å². The third kappa shape index (κ3) is 3.96. The summed E-state index contributed by atoms with van der Waals surface area (Å²) in [6.07, 6.45) is 8.09. The lowest BCUT2D eigenvalue weighted by Gasteiger charge is -2.29. The first-order valence-corrected chi connectivity index (χ1v) is 6.70. The number of rotatable bonds is 5. The van der Waals surface area contributed by atoms with Crippen molar-refractivity contribution in [3.05, 3.63) is 0 Å². The molecular weight excluding hydrogens is 184 g/mol. The Labute approximate surface area is 94.6 Å². The summed E-state index contributed by atoms with van der Waals surface area (Å²) in [6.45, 7) is 6.79. The lowest BCUT2D eigenvalue weighted by Crippen LogP contribution is -2.26. The van der Waals surface area contributed by atoms with E-state index in [1.165, 1.54) is 25.7 Å². The van der Waals surface area contributed by atoms with Gasteiger partial charge >= 0.3 is 0 Å². The van der Waals surface area contributed by atoms with E-state index in [-0.39, 0.29) is 0 Å². The van der Waals surface area contributed by atoms with Crippen LogP contribution in [-0.4, -0.2) is 5.78 Å². The smallest absolute Gasteiger partial charge is 0.136 e. The minimum Gasteiger partial charge on any atom is -0.299 e. The second kappa shape index (κ2) is 6.30. The molecule has 1 saturated carbocycles. The van der Waals surface area contributed by atoms with Gasteiger partial charge in [0.05, 0.1) is 0 Å². The van der Waals surface area contributed by atoms with Crippen molar-refractivity contribution in [3.63, 3.8) is 0 Å². The zero-order valence-electron chi connectivity index (χ0n) is 10.6. The molecule has 0 spiro atoms. The van der Waals surface area contributed by atoms with Gasteiger partial charge in [0.15, 0.2) is 0 Å². The van der Waals surface area contributed by atoms with Gasteiger partial charge in [-0.1, -0.05) is 40.0 Å². The maximum atomic E-state index is 11.8. The topological polar surface area (TPSA) is 17.1 Å². The number of hydrogen-bond donors (Lipinski definition) is 0. The maximum absolute atomic E-state index is 11.8. The van der Waals surface area contributed by atoms with E-state index in [4.69, 9.17) is 0 Å². The average Bonchev–Trinajstić information content (AvgIpc) is 2.21. The third-order valence-corrected chi connectivity index (χ3v) is 3.92. The number of hydrogen-bond acceptors (Lipinski definition) is 1. The molecule has 1 aliphatic rings. The first-order valence-electron chi connectivity index (χ1n) is 6.70. The number of carbonyl (C=O) groups is 1. The Hall–Kier alpha value is -0.330. The highest BCUT2D eigenvalue weighted by molar-refractivity contribution is 5.81. The lowest BCUT2D eigenvalue weighted by molar-refractivity contribution is -0.126. The van der Waals surface area contributed by atoms with Crippen molar-refractivity contribution in [2.24, 2.45) is 17.8 Å². The SMILES string of the molecule is CCCC(C)CC1CC(CC)CCC1=O. The van der Waals surface area contributed by atoms with Crippen LogP contribution < -0.4 is 0 Å². The summed E-state index contributed by atoms with van der Waals surface area (Å²) in [5.41, 5.74) is 0. The highest BCUT2D eigenvalue weighted by atomic mass is 16.1. The molecule has 0 amide bonds. The van der Waals surface area contributed by atoms with E-state index in [0.717, 1.165) is 31.1 Å². The van der Waals surface area contributed by atoms with Crippen LogP contribution in [0, 0.1) is 17.8 Å². The molecule has 0 N–H and O–H groups in total. The van der Waals surface area contributed by atoms with Crippen LogP contribution in [0.15, 0.2) is 0 Å². The fraction of sp³-hybridized carbons (Fsp3) is 0.929. The van der Waals surface area contributed by atoms with E-state index in [9.17, 15) is 4.79 Å². The minimum absolute atomic E-state index is 0.394. The largest absolute Gasteiger partial charge is 0.299 e. The van der Waals surface area contributed by atoms with Gasteiger partial charge in [0.2, 0.25) is 0 Å². The van der Waals surface area contributed by atoms with Gasteiger partial charge in [-0.05, 0) is 31.1 Å². The van der Waals surface area contributed by atoms with Crippen LogP contribution in [0.3, 0.4) is 0 Å². The molecule has 0 radical (unpaired) electrons. The first-order chi connectivity index (χ1) is 7.17. The van der Waals surface area contributed by atoms with E-state index in [1.807, 2.05) is 0 Å². The zero-order valence-corrected chi connectivity index (χ0v) is 10.6. The summed E-state index contributed by atoms with van der Waals surface area (Å²) in [5.74, 6) is 2.49. The highest BCUT2D eigenvalue weighted by Gasteiger charge is 2.28. The Morgan fingerprint density at radius 3 is 2.73 bits per heavy atom. The van der Waals surface area contributed by atoms with Gasteiger partial charge in [-0.15, -0.1) is 0 Å². The van der Waals surface area contributed by atoms with Crippen molar-refractivity contribution in [2.45, 2.75) is 65.7 Å². The maximum Gasteiger partial charge on any atom is 0.136 e. The van der Waals surface area contributed by atoms with Crippen LogP contribution in [0.25, 0.3) is 0 Å². The molecule has 1 heteroatoms. The summed E-state index contributed by atoms with van der Waals surface area (Å²) in [4.78, 5) is 11.8. The normalized spacial score (nSPS) is 29.1. The molecule has 0 bridgehead atoms. The highest BCUT2D eigenvalue weighted by Crippen LogP contribution is 2.33. The van der Waals surface area contributed by atoms with Gasteiger partial charge in [-0.3, -0.25) is 4.79 Å². The van der Waals surface area contributed by atoms with Gasteiger partial charge < -0.3 is 0 Å². The van der Waals surface area contributed by atoms with Crippen molar-refractivity contribution in [1.29, 1.82) is 0 Å². The third-order valence-electron chi connectivity index (χ3n) is 3.92. The molecule has 1 aliphatic carbocycles. The van der Waals surface area contributed by atoms with Crippen LogP contribution in [0.4, 0.5) is 0 Å². The van der Waals surface area contributed by atoms with Gasteiger partial charge in [0.1, 0.15) is 5.78 Å². The van der Waals surface area contributed by atoms with Crippen molar-refractivity contribution in [3.8, 4) is 0 Å². The molecule has 0 aromatic carbocycles. The second-order valence-corrected chi connectivity index (χ2v) is 5.34. The Morgan fingerprint density at radius 2 is 2.13 bits per heavy atom. The summed E-state index contributed by atoms with van der Waals surface area (Å²) >= 11 is 0. The molecule has 0 heterocycles. The first kappa shape index (κ1) is 12.7. The molecule has 0 aromatic heterocycles. The van der Waals surface area contributed by atoms with Crippen molar-refractivity contribution in [2.75, 3.05) is 0 Å². The fourth-order valence-electron chi connectivity index (χ4n) is 2.90. The summed E-state index contributed by atoms with van der Waals surface area (Å²) < 4.78 is 0. The molecule has 0 aliphatic heterocycles. The summed E-state index contributed by atoms with van der Waals surface area (Å²) in [7, 11) is 0. The fourth-order valence-corrected chi connectivity index (χ4v) is 2.90. The molecular formula is C14H26O. The Bertz CT molecular complexity index is 198. The van der Waals surface area contributed by atoms with Gasteiger partial charge in [0.25, 0.3) is 0 Å². The zero-order chi connectivity index (χ0) is 11.3. The molecule has 0 aromatic rings. The van der Waals surface area contributed by atoms with Gasteiger partial charge in [-0.25, -0.2) is 0 Å². The number of Topliss-reactive ketones (excluding diaryl/α,β-unsaturated/α-hetero) is 1. The van der Waals surface area contributed by atoms with Crippen LogP contribution in [0.5, 0.6) is 0 Å². The molecule has 0 saturated heterocycles. The molecule has 1 rings (SSSR count). The molecule has 1 fully saturated rings. The monoisotopic (exact) mass is 210 g/mol.